The highest BCUT2D eigenvalue weighted by Gasteiger charge is 2.17. The minimum atomic E-state index is -0.554. The van der Waals surface area contributed by atoms with Gasteiger partial charge in [0.05, 0.1) is 6.61 Å². The van der Waals surface area contributed by atoms with Crippen molar-refractivity contribution < 1.29 is 23.8 Å². The molecule has 0 saturated carbocycles. The first-order chi connectivity index (χ1) is 33.6. The molecule has 68 heavy (non-hydrogen) atoms. The molecule has 0 rings (SSSR count). The number of allylic oxidation sites excluding steroid dienone is 14. The molecule has 0 spiro atoms. The van der Waals surface area contributed by atoms with Gasteiger partial charge in [0.15, 0.2) is 6.10 Å². The van der Waals surface area contributed by atoms with Crippen LogP contribution in [0.15, 0.2) is 85.1 Å². The predicted molar refractivity (Wildman–Crippen MR) is 297 cm³/mol. The average Bonchev–Trinajstić information content (AvgIpc) is 3.34. The van der Waals surface area contributed by atoms with E-state index in [2.05, 4.69) is 106 Å². The third-order valence-corrected chi connectivity index (χ3v) is 12.4. The highest BCUT2D eigenvalue weighted by molar-refractivity contribution is 5.70. The Hall–Kier alpha value is -2.92. The third kappa shape index (κ3) is 55.7. The fourth-order valence-electron chi connectivity index (χ4n) is 8.06. The van der Waals surface area contributed by atoms with Crippen LogP contribution in [0.2, 0.25) is 0 Å². The Morgan fingerprint density at radius 1 is 0.338 bits per heavy atom. The SMILES string of the molecule is CC/C=C\C/C=C\C/C=C\C/C=C\CCCCCCCCCOCC(COC(=O)CCCCCCCCCCC/C=C\CCCCCCCC)OC(=O)CCCCCCC/C=C\C/C=C\CCC. The van der Waals surface area contributed by atoms with Gasteiger partial charge in [-0.2, -0.15) is 0 Å². The van der Waals surface area contributed by atoms with E-state index in [4.69, 9.17) is 14.2 Å². The Balaban J connectivity index is 4.27. The molecule has 1 atom stereocenters. The minimum Gasteiger partial charge on any atom is -0.462 e. The van der Waals surface area contributed by atoms with Gasteiger partial charge in [-0.15, -0.1) is 0 Å². The molecule has 1 unspecified atom stereocenters. The van der Waals surface area contributed by atoms with E-state index in [0.29, 0.717) is 19.4 Å². The molecule has 0 aliphatic carbocycles. The van der Waals surface area contributed by atoms with Crippen molar-refractivity contribution >= 4 is 11.9 Å². The van der Waals surface area contributed by atoms with E-state index < -0.39 is 6.10 Å². The summed E-state index contributed by atoms with van der Waals surface area (Å²) in [6.45, 7) is 7.63. The van der Waals surface area contributed by atoms with Crippen molar-refractivity contribution in [2.75, 3.05) is 19.8 Å². The van der Waals surface area contributed by atoms with Crippen molar-refractivity contribution in [3.05, 3.63) is 85.1 Å². The van der Waals surface area contributed by atoms with Crippen LogP contribution in [0.5, 0.6) is 0 Å². The van der Waals surface area contributed by atoms with Gasteiger partial charge in [-0.3, -0.25) is 9.59 Å². The summed E-state index contributed by atoms with van der Waals surface area (Å²) in [5.74, 6) is -0.417. The van der Waals surface area contributed by atoms with Gasteiger partial charge in [-0.1, -0.05) is 241 Å². The first-order valence-electron chi connectivity index (χ1n) is 29.1. The molecular formula is C63H110O5. The van der Waals surface area contributed by atoms with Crippen LogP contribution in [0.4, 0.5) is 0 Å². The monoisotopic (exact) mass is 947 g/mol. The van der Waals surface area contributed by atoms with Crippen LogP contribution in [0.3, 0.4) is 0 Å². The smallest absolute Gasteiger partial charge is 0.306 e. The molecule has 5 nitrogen and oxygen atoms in total. The van der Waals surface area contributed by atoms with E-state index in [1.807, 2.05) is 0 Å². The van der Waals surface area contributed by atoms with Crippen molar-refractivity contribution in [2.45, 2.75) is 284 Å². The molecule has 0 bridgehead atoms. The van der Waals surface area contributed by atoms with Gasteiger partial charge in [0.1, 0.15) is 6.61 Å². The largest absolute Gasteiger partial charge is 0.462 e. The van der Waals surface area contributed by atoms with Crippen LogP contribution in [-0.4, -0.2) is 37.9 Å². The number of rotatable bonds is 53. The Morgan fingerprint density at radius 2 is 0.691 bits per heavy atom. The Labute approximate surface area is 422 Å². The molecular weight excluding hydrogens is 837 g/mol. The van der Waals surface area contributed by atoms with E-state index >= 15 is 0 Å². The van der Waals surface area contributed by atoms with Gasteiger partial charge in [0.2, 0.25) is 0 Å². The summed E-state index contributed by atoms with van der Waals surface area (Å²) in [6.07, 6.45) is 77.5. The third-order valence-electron chi connectivity index (χ3n) is 12.4. The minimum absolute atomic E-state index is 0.0717. The van der Waals surface area contributed by atoms with E-state index in [1.165, 1.54) is 154 Å². The highest BCUT2D eigenvalue weighted by atomic mass is 16.6. The van der Waals surface area contributed by atoms with E-state index in [0.717, 1.165) is 89.9 Å². The summed E-state index contributed by atoms with van der Waals surface area (Å²) in [4.78, 5) is 25.5. The predicted octanol–water partition coefficient (Wildman–Crippen LogP) is 20.0. The summed E-state index contributed by atoms with van der Waals surface area (Å²) in [5.41, 5.74) is 0. The fourth-order valence-corrected chi connectivity index (χ4v) is 8.06. The average molecular weight is 948 g/mol. The zero-order valence-electron chi connectivity index (χ0n) is 45.1. The highest BCUT2D eigenvalue weighted by Crippen LogP contribution is 2.15. The summed E-state index contributed by atoms with van der Waals surface area (Å²) < 4.78 is 17.5. The van der Waals surface area contributed by atoms with Crippen molar-refractivity contribution in [3.8, 4) is 0 Å². The number of ether oxygens (including phenoxy) is 3. The first-order valence-corrected chi connectivity index (χ1v) is 29.1. The maximum absolute atomic E-state index is 12.8. The fraction of sp³-hybridized carbons (Fsp3) is 0.746. The Bertz CT molecular complexity index is 1250. The number of hydrogen-bond donors (Lipinski definition) is 0. The molecule has 392 valence electrons. The summed E-state index contributed by atoms with van der Waals surface area (Å²) >= 11 is 0. The maximum atomic E-state index is 12.8. The van der Waals surface area contributed by atoms with Gasteiger partial charge in [0.25, 0.3) is 0 Å². The lowest BCUT2D eigenvalue weighted by Crippen LogP contribution is -2.30. The summed E-state index contributed by atoms with van der Waals surface area (Å²) in [5, 5.41) is 0. The van der Waals surface area contributed by atoms with Crippen LogP contribution in [0.1, 0.15) is 278 Å². The molecule has 0 amide bonds. The molecule has 0 aliphatic rings. The molecule has 0 N–H and O–H groups in total. The van der Waals surface area contributed by atoms with Crippen LogP contribution in [-0.2, 0) is 23.8 Å². The van der Waals surface area contributed by atoms with E-state index in [-0.39, 0.29) is 25.2 Å². The Kier molecular flexibility index (Phi) is 55.9. The first kappa shape index (κ1) is 65.1. The number of unbranched alkanes of at least 4 members (excludes halogenated alkanes) is 28. The van der Waals surface area contributed by atoms with Crippen molar-refractivity contribution in [1.82, 2.24) is 0 Å². The lowest BCUT2D eigenvalue weighted by Gasteiger charge is -2.18. The summed E-state index contributed by atoms with van der Waals surface area (Å²) in [7, 11) is 0. The van der Waals surface area contributed by atoms with Crippen LogP contribution in [0.25, 0.3) is 0 Å². The number of carbonyl (C=O) groups excluding carboxylic acids is 2. The van der Waals surface area contributed by atoms with Crippen molar-refractivity contribution in [3.63, 3.8) is 0 Å². The molecule has 0 aromatic rings. The maximum Gasteiger partial charge on any atom is 0.306 e. The zero-order chi connectivity index (χ0) is 49.2. The van der Waals surface area contributed by atoms with E-state index in [9.17, 15) is 9.59 Å². The van der Waals surface area contributed by atoms with Gasteiger partial charge in [-0.05, 0) is 109 Å². The molecule has 0 aromatic heterocycles. The molecule has 0 radical (unpaired) electrons. The number of carbonyl (C=O) groups is 2. The molecule has 5 heteroatoms. The standard InChI is InChI=1S/C63H110O5/c1-4-7-10-13-16-19-22-25-27-29-31-33-35-37-40-43-46-49-52-55-58-66-59-61(68-63(65)57-54-51-48-45-42-38-24-21-18-15-12-9-6-3)60-67-62(64)56-53-50-47-44-41-39-36-34-32-30-28-26-23-20-17-14-11-8-5-2/h7,10,12,15-16,19,21,24-28,31,33,61H,4-6,8-9,11,13-14,17-18,20,22-23,29-30,32,34-60H2,1-3H3/b10-7-,15-12-,19-16-,24-21-,27-25-,28-26-,33-31-. The molecule has 0 aromatic carbocycles. The van der Waals surface area contributed by atoms with Gasteiger partial charge >= 0.3 is 11.9 Å². The lowest BCUT2D eigenvalue weighted by molar-refractivity contribution is -0.163. The van der Waals surface area contributed by atoms with Gasteiger partial charge in [-0.25, -0.2) is 0 Å². The number of esters is 2. The normalized spacial score (nSPS) is 12.8. The molecule has 0 aliphatic heterocycles. The van der Waals surface area contributed by atoms with Crippen LogP contribution < -0.4 is 0 Å². The lowest BCUT2D eigenvalue weighted by atomic mass is 10.1. The van der Waals surface area contributed by atoms with Crippen molar-refractivity contribution in [1.29, 1.82) is 0 Å². The number of hydrogen-bond acceptors (Lipinski definition) is 5. The zero-order valence-corrected chi connectivity index (χ0v) is 45.1. The van der Waals surface area contributed by atoms with Gasteiger partial charge < -0.3 is 14.2 Å². The van der Waals surface area contributed by atoms with Crippen LogP contribution >= 0.6 is 0 Å². The second kappa shape index (κ2) is 58.4. The molecule has 0 heterocycles. The summed E-state index contributed by atoms with van der Waals surface area (Å²) in [6, 6.07) is 0. The topological polar surface area (TPSA) is 61.8 Å². The molecule has 0 fully saturated rings. The molecule has 0 saturated heterocycles. The van der Waals surface area contributed by atoms with Crippen molar-refractivity contribution in [2.24, 2.45) is 0 Å². The second-order valence-corrected chi connectivity index (χ2v) is 19.2. The Morgan fingerprint density at radius 3 is 1.13 bits per heavy atom. The van der Waals surface area contributed by atoms with Crippen LogP contribution in [0, 0.1) is 0 Å². The van der Waals surface area contributed by atoms with Gasteiger partial charge in [0, 0.05) is 19.4 Å². The van der Waals surface area contributed by atoms with E-state index in [1.54, 1.807) is 0 Å². The second-order valence-electron chi connectivity index (χ2n) is 19.2. The quantitative estimate of drug-likeness (QED) is 0.0345.